The summed E-state index contributed by atoms with van der Waals surface area (Å²) >= 11 is 0. The zero-order valence-corrected chi connectivity index (χ0v) is 14.8. The maximum absolute atomic E-state index is 11.8. The molecule has 0 bridgehead atoms. The molecule has 0 spiro atoms. The van der Waals surface area contributed by atoms with Gasteiger partial charge in [-0.05, 0) is 64.8 Å². The third-order valence-electron chi connectivity index (χ3n) is 3.96. The molecule has 1 unspecified atom stereocenters. The van der Waals surface area contributed by atoms with Gasteiger partial charge in [0.15, 0.2) is 0 Å². The van der Waals surface area contributed by atoms with Crippen molar-refractivity contribution in [1.82, 2.24) is 9.88 Å². The number of rotatable bonds is 5. The number of carbonyl (C=O) groups excluding carboxylic acids is 1. The van der Waals surface area contributed by atoms with E-state index in [1.54, 1.807) is 0 Å². The Labute approximate surface area is 139 Å². The minimum absolute atomic E-state index is 0.463. The second kappa shape index (κ2) is 7.77. The number of aromatic nitrogens is 1. The van der Waals surface area contributed by atoms with Crippen molar-refractivity contribution in [2.24, 2.45) is 0 Å². The molecule has 0 radical (unpaired) electrons. The van der Waals surface area contributed by atoms with Crippen LogP contribution in [0.25, 0.3) is 0 Å². The maximum atomic E-state index is 11.8. The normalized spacial score (nSPS) is 18.9. The molecule has 2 heterocycles. The second-order valence-electron chi connectivity index (χ2n) is 7.15. The molecule has 128 valence electrons. The Kier molecular flexibility index (Phi) is 5.99. The van der Waals surface area contributed by atoms with Crippen molar-refractivity contribution < 1.29 is 9.53 Å². The highest BCUT2D eigenvalue weighted by molar-refractivity contribution is 5.83. The molecule has 0 aromatic carbocycles. The van der Waals surface area contributed by atoms with Crippen molar-refractivity contribution in [3.63, 3.8) is 0 Å². The molecule has 0 aliphatic carbocycles. The Morgan fingerprint density at radius 2 is 2.22 bits per heavy atom. The highest BCUT2D eigenvalue weighted by atomic mass is 16.6. The van der Waals surface area contributed by atoms with Crippen LogP contribution in [0, 0.1) is 0 Å². The third kappa shape index (κ3) is 5.50. The van der Waals surface area contributed by atoms with Crippen LogP contribution in [-0.4, -0.2) is 34.7 Å². The molecule has 1 atom stereocenters. The Morgan fingerprint density at radius 3 is 2.83 bits per heavy atom. The topological polar surface area (TPSA) is 54.5 Å². The van der Waals surface area contributed by atoms with Crippen LogP contribution >= 0.6 is 0 Å². The summed E-state index contributed by atoms with van der Waals surface area (Å²) in [6.07, 6.45) is 6.30. The fourth-order valence-electron chi connectivity index (χ4n) is 2.92. The molecule has 1 fully saturated rings. The van der Waals surface area contributed by atoms with Crippen LogP contribution in [0.15, 0.2) is 18.3 Å². The summed E-state index contributed by atoms with van der Waals surface area (Å²) in [5.41, 5.74) is 0.724. The molecule has 1 saturated heterocycles. The first-order valence-electron chi connectivity index (χ1n) is 8.59. The molecule has 23 heavy (non-hydrogen) atoms. The van der Waals surface area contributed by atoms with Gasteiger partial charge in [-0.3, -0.25) is 10.2 Å². The van der Waals surface area contributed by atoms with Crippen LogP contribution in [0.1, 0.15) is 65.0 Å². The van der Waals surface area contributed by atoms with E-state index in [2.05, 4.69) is 28.2 Å². The lowest BCUT2D eigenvalue weighted by atomic mass is 10.1. The van der Waals surface area contributed by atoms with Gasteiger partial charge in [-0.2, -0.15) is 0 Å². The Morgan fingerprint density at radius 1 is 1.43 bits per heavy atom. The molecule has 1 aromatic rings. The number of nitrogens with one attached hydrogen (secondary N) is 1. The lowest BCUT2D eigenvalue weighted by molar-refractivity contribution is 0.0635. The van der Waals surface area contributed by atoms with Gasteiger partial charge >= 0.3 is 6.09 Å². The molecule has 1 N–H and O–H groups in total. The molecule has 1 aliphatic rings. The van der Waals surface area contributed by atoms with E-state index in [4.69, 9.17) is 4.74 Å². The summed E-state index contributed by atoms with van der Waals surface area (Å²) in [6, 6.07) is 4.38. The van der Waals surface area contributed by atoms with Gasteiger partial charge in [-0.25, -0.2) is 9.78 Å². The molecule has 1 aliphatic heterocycles. The molecule has 5 heteroatoms. The summed E-state index contributed by atoms with van der Waals surface area (Å²) in [6.45, 7) is 10.1. The van der Waals surface area contributed by atoms with Crippen LogP contribution < -0.4 is 5.32 Å². The molecular weight excluding hydrogens is 290 g/mol. The van der Waals surface area contributed by atoms with Crippen LogP contribution in [0.3, 0.4) is 0 Å². The van der Waals surface area contributed by atoms with E-state index in [0.717, 1.165) is 6.54 Å². The fourth-order valence-corrected chi connectivity index (χ4v) is 2.92. The van der Waals surface area contributed by atoms with Crippen molar-refractivity contribution >= 4 is 11.9 Å². The molecule has 1 aromatic heterocycles. The SMILES string of the molecule is CCCCN1CCCC1c1ccc(NC(=O)OC(C)(C)C)nc1. The summed E-state index contributed by atoms with van der Waals surface area (Å²) < 4.78 is 5.23. The van der Waals surface area contributed by atoms with Crippen LogP contribution in [0.5, 0.6) is 0 Å². The number of pyridine rings is 1. The number of carbonyl (C=O) groups is 1. The van der Waals surface area contributed by atoms with Gasteiger partial charge in [0.1, 0.15) is 11.4 Å². The average molecular weight is 319 g/mol. The fraction of sp³-hybridized carbons (Fsp3) is 0.667. The number of hydrogen-bond donors (Lipinski definition) is 1. The minimum atomic E-state index is -0.506. The summed E-state index contributed by atoms with van der Waals surface area (Å²) in [5, 5.41) is 2.68. The van der Waals surface area contributed by atoms with E-state index < -0.39 is 11.7 Å². The molecule has 1 amide bonds. The number of hydrogen-bond acceptors (Lipinski definition) is 4. The zero-order valence-electron chi connectivity index (χ0n) is 14.8. The number of ether oxygens (including phenoxy) is 1. The van der Waals surface area contributed by atoms with E-state index in [1.807, 2.05) is 33.0 Å². The van der Waals surface area contributed by atoms with Gasteiger partial charge in [0, 0.05) is 12.2 Å². The van der Waals surface area contributed by atoms with E-state index in [-0.39, 0.29) is 0 Å². The van der Waals surface area contributed by atoms with E-state index in [1.165, 1.54) is 37.8 Å². The predicted octanol–water partition coefficient (Wildman–Crippen LogP) is 4.37. The van der Waals surface area contributed by atoms with Crippen molar-refractivity contribution in [3.8, 4) is 0 Å². The lowest BCUT2D eigenvalue weighted by Crippen LogP contribution is -2.27. The molecule has 5 nitrogen and oxygen atoms in total. The van der Waals surface area contributed by atoms with Crippen molar-refractivity contribution in [2.45, 2.75) is 65.0 Å². The number of amides is 1. The minimum Gasteiger partial charge on any atom is -0.444 e. The van der Waals surface area contributed by atoms with Crippen molar-refractivity contribution in [2.75, 3.05) is 18.4 Å². The first-order chi connectivity index (χ1) is 10.9. The largest absolute Gasteiger partial charge is 0.444 e. The van der Waals surface area contributed by atoms with Crippen molar-refractivity contribution in [3.05, 3.63) is 23.9 Å². The number of anilines is 1. The van der Waals surface area contributed by atoms with Gasteiger partial charge in [-0.1, -0.05) is 19.4 Å². The van der Waals surface area contributed by atoms with Gasteiger partial charge in [-0.15, -0.1) is 0 Å². The van der Waals surface area contributed by atoms with Gasteiger partial charge < -0.3 is 4.74 Å². The second-order valence-corrected chi connectivity index (χ2v) is 7.15. The van der Waals surface area contributed by atoms with Gasteiger partial charge in [0.2, 0.25) is 0 Å². The molecule has 0 saturated carbocycles. The van der Waals surface area contributed by atoms with Gasteiger partial charge in [0.25, 0.3) is 0 Å². The zero-order chi connectivity index (χ0) is 16.9. The van der Waals surface area contributed by atoms with Crippen LogP contribution in [0.2, 0.25) is 0 Å². The smallest absolute Gasteiger partial charge is 0.413 e. The maximum Gasteiger partial charge on any atom is 0.413 e. The highest BCUT2D eigenvalue weighted by Gasteiger charge is 2.25. The summed E-state index contributed by atoms with van der Waals surface area (Å²) in [7, 11) is 0. The van der Waals surface area contributed by atoms with Crippen molar-refractivity contribution in [1.29, 1.82) is 0 Å². The highest BCUT2D eigenvalue weighted by Crippen LogP contribution is 2.31. The monoisotopic (exact) mass is 319 g/mol. The summed E-state index contributed by atoms with van der Waals surface area (Å²) in [5.74, 6) is 0.529. The summed E-state index contributed by atoms with van der Waals surface area (Å²) in [4.78, 5) is 18.7. The predicted molar refractivity (Wildman–Crippen MR) is 92.5 cm³/mol. The Hall–Kier alpha value is -1.62. The molecular formula is C18H29N3O2. The van der Waals surface area contributed by atoms with E-state index in [0.29, 0.717) is 11.9 Å². The van der Waals surface area contributed by atoms with E-state index >= 15 is 0 Å². The average Bonchev–Trinajstić information content (AvgIpc) is 2.92. The third-order valence-corrected chi connectivity index (χ3v) is 3.96. The number of likely N-dealkylation sites (tertiary alicyclic amines) is 1. The standard InChI is InChI=1S/C18H29N3O2/c1-5-6-11-21-12-7-8-15(21)14-9-10-16(19-13-14)20-17(22)23-18(2,3)4/h9-10,13,15H,5-8,11-12H2,1-4H3,(H,19,20,22). The Bertz CT molecular complexity index is 508. The first-order valence-corrected chi connectivity index (χ1v) is 8.59. The van der Waals surface area contributed by atoms with Gasteiger partial charge in [0.05, 0.1) is 0 Å². The number of nitrogens with zero attached hydrogens (tertiary/aromatic N) is 2. The molecule has 2 rings (SSSR count). The first kappa shape index (κ1) is 17.7. The van der Waals surface area contributed by atoms with Crippen LogP contribution in [-0.2, 0) is 4.74 Å². The van der Waals surface area contributed by atoms with E-state index in [9.17, 15) is 4.79 Å². The lowest BCUT2D eigenvalue weighted by Gasteiger charge is -2.24. The Balaban J connectivity index is 1.95. The quantitative estimate of drug-likeness (QED) is 0.876. The van der Waals surface area contributed by atoms with Crippen LogP contribution in [0.4, 0.5) is 10.6 Å². The number of unbranched alkanes of at least 4 members (excludes halogenated alkanes) is 1.